The van der Waals surface area contributed by atoms with Gasteiger partial charge < -0.3 is 9.64 Å². The Balaban J connectivity index is 1.51. The summed E-state index contributed by atoms with van der Waals surface area (Å²) >= 11 is 1.41. The molecule has 7 heteroatoms. The SMILES string of the molecule is O=C(c1csc(-c2ncccn2)n1)N1CCC2(CCOC2)C1. The maximum absolute atomic E-state index is 12.6. The predicted molar refractivity (Wildman–Crippen MR) is 81.5 cm³/mol. The number of thiazole rings is 1. The van der Waals surface area contributed by atoms with Crippen molar-refractivity contribution in [1.82, 2.24) is 19.9 Å². The van der Waals surface area contributed by atoms with Crippen LogP contribution >= 0.6 is 11.3 Å². The summed E-state index contributed by atoms with van der Waals surface area (Å²) in [6.07, 6.45) is 5.43. The first-order chi connectivity index (χ1) is 10.8. The number of likely N-dealkylation sites (tertiary alicyclic amines) is 1. The summed E-state index contributed by atoms with van der Waals surface area (Å²) in [4.78, 5) is 27.3. The predicted octanol–water partition coefficient (Wildman–Crippen LogP) is 1.85. The van der Waals surface area contributed by atoms with Gasteiger partial charge in [0.2, 0.25) is 0 Å². The molecule has 1 amide bonds. The van der Waals surface area contributed by atoms with Gasteiger partial charge in [-0.05, 0) is 18.9 Å². The van der Waals surface area contributed by atoms with E-state index in [2.05, 4.69) is 15.0 Å². The van der Waals surface area contributed by atoms with Crippen LogP contribution in [0.4, 0.5) is 0 Å². The third-order valence-corrected chi connectivity index (χ3v) is 5.23. The third-order valence-electron chi connectivity index (χ3n) is 4.39. The van der Waals surface area contributed by atoms with Crippen molar-refractivity contribution in [3.05, 3.63) is 29.5 Å². The fraction of sp³-hybridized carbons (Fsp3) is 0.467. The second-order valence-corrected chi connectivity index (χ2v) is 6.75. The Morgan fingerprint density at radius 2 is 2.18 bits per heavy atom. The second-order valence-electron chi connectivity index (χ2n) is 5.89. The number of carbonyl (C=O) groups excluding carboxylic acids is 1. The quantitative estimate of drug-likeness (QED) is 0.846. The van der Waals surface area contributed by atoms with Gasteiger partial charge in [-0.3, -0.25) is 4.79 Å². The molecule has 1 atom stereocenters. The number of aromatic nitrogens is 3. The molecular formula is C15H16N4O2S. The van der Waals surface area contributed by atoms with Gasteiger partial charge in [-0.25, -0.2) is 15.0 Å². The Labute approximate surface area is 132 Å². The Bertz CT molecular complexity index is 682. The molecular weight excluding hydrogens is 300 g/mol. The smallest absolute Gasteiger partial charge is 0.273 e. The van der Waals surface area contributed by atoms with E-state index in [1.807, 2.05) is 4.90 Å². The van der Waals surface area contributed by atoms with Crippen LogP contribution in [0.25, 0.3) is 10.8 Å². The molecule has 2 saturated heterocycles. The summed E-state index contributed by atoms with van der Waals surface area (Å²) in [7, 11) is 0. The standard InChI is InChI=1S/C15H16N4O2S/c20-14(19-6-2-15(9-19)3-7-21-10-15)11-8-22-13(18-11)12-16-4-1-5-17-12/h1,4-5,8H,2-3,6-7,9-10H2. The lowest BCUT2D eigenvalue weighted by Crippen LogP contribution is -2.32. The first-order valence-electron chi connectivity index (χ1n) is 7.36. The zero-order valence-electron chi connectivity index (χ0n) is 12.1. The Kier molecular flexibility index (Phi) is 3.38. The van der Waals surface area contributed by atoms with Crippen LogP contribution in [0, 0.1) is 5.41 Å². The van der Waals surface area contributed by atoms with E-state index in [4.69, 9.17) is 4.74 Å². The highest BCUT2D eigenvalue weighted by molar-refractivity contribution is 7.13. The van der Waals surface area contributed by atoms with Crippen molar-refractivity contribution in [3.63, 3.8) is 0 Å². The molecule has 4 rings (SSSR count). The van der Waals surface area contributed by atoms with Crippen molar-refractivity contribution in [1.29, 1.82) is 0 Å². The van der Waals surface area contributed by atoms with E-state index in [9.17, 15) is 4.79 Å². The van der Waals surface area contributed by atoms with Crippen LogP contribution in [0.3, 0.4) is 0 Å². The average molecular weight is 316 g/mol. The van der Waals surface area contributed by atoms with E-state index in [0.717, 1.165) is 39.1 Å². The molecule has 0 aromatic carbocycles. The number of rotatable bonds is 2. The van der Waals surface area contributed by atoms with Crippen molar-refractivity contribution < 1.29 is 9.53 Å². The van der Waals surface area contributed by atoms with Crippen molar-refractivity contribution in [2.24, 2.45) is 5.41 Å². The van der Waals surface area contributed by atoms with Crippen LogP contribution in [0.5, 0.6) is 0 Å². The van der Waals surface area contributed by atoms with E-state index in [1.54, 1.807) is 23.8 Å². The lowest BCUT2D eigenvalue weighted by Gasteiger charge is -2.21. The molecule has 2 aromatic rings. The summed E-state index contributed by atoms with van der Waals surface area (Å²) in [5.74, 6) is 0.566. The largest absolute Gasteiger partial charge is 0.381 e. The van der Waals surface area contributed by atoms with Gasteiger partial charge >= 0.3 is 0 Å². The minimum Gasteiger partial charge on any atom is -0.381 e. The summed E-state index contributed by atoms with van der Waals surface area (Å²) < 4.78 is 5.51. The normalized spacial score (nSPS) is 24.3. The number of carbonyl (C=O) groups is 1. The minimum absolute atomic E-state index is 0.00204. The van der Waals surface area contributed by atoms with Crippen LogP contribution in [0.2, 0.25) is 0 Å². The van der Waals surface area contributed by atoms with Gasteiger partial charge in [0.15, 0.2) is 10.8 Å². The fourth-order valence-electron chi connectivity index (χ4n) is 3.13. The molecule has 1 unspecified atom stereocenters. The molecule has 1 spiro atoms. The van der Waals surface area contributed by atoms with Gasteiger partial charge in [-0.1, -0.05) is 0 Å². The number of nitrogens with zero attached hydrogens (tertiary/aromatic N) is 4. The zero-order chi connectivity index (χ0) is 15.0. The first-order valence-corrected chi connectivity index (χ1v) is 8.24. The molecule has 2 aliphatic heterocycles. The van der Waals surface area contributed by atoms with Crippen LogP contribution in [0.1, 0.15) is 23.3 Å². The van der Waals surface area contributed by atoms with Gasteiger partial charge in [0.25, 0.3) is 5.91 Å². The lowest BCUT2D eigenvalue weighted by atomic mass is 9.87. The van der Waals surface area contributed by atoms with E-state index >= 15 is 0 Å². The molecule has 4 heterocycles. The van der Waals surface area contributed by atoms with Crippen LogP contribution in [0.15, 0.2) is 23.8 Å². The second kappa shape index (κ2) is 5.40. The van der Waals surface area contributed by atoms with E-state index in [-0.39, 0.29) is 11.3 Å². The summed E-state index contributed by atoms with van der Waals surface area (Å²) in [6.45, 7) is 3.16. The highest BCUT2D eigenvalue weighted by Gasteiger charge is 2.43. The molecule has 0 radical (unpaired) electrons. The number of hydrogen-bond acceptors (Lipinski definition) is 6. The van der Waals surface area contributed by atoms with Gasteiger partial charge in [-0.15, -0.1) is 11.3 Å². The molecule has 0 saturated carbocycles. The van der Waals surface area contributed by atoms with Gasteiger partial charge in [0.05, 0.1) is 6.61 Å². The van der Waals surface area contributed by atoms with Crippen LogP contribution < -0.4 is 0 Å². The van der Waals surface area contributed by atoms with Crippen LogP contribution in [-0.2, 0) is 4.74 Å². The summed E-state index contributed by atoms with van der Waals surface area (Å²) in [5.41, 5.74) is 0.667. The Hall–Kier alpha value is -1.86. The van der Waals surface area contributed by atoms with Crippen molar-refractivity contribution in [2.45, 2.75) is 12.8 Å². The summed E-state index contributed by atoms with van der Waals surface area (Å²) in [6, 6.07) is 1.76. The molecule has 22 heavy (non-hydrogen) atoms. The highest BCUT2D eigenvalue weighted by Crippen LogP contribution is 2.38. The van der Waals surface area contributed by atoms with E-state index in [1.165, 1.54) is 11.3 Å². The fourth-order valence-corrected chi connectivity index (χ4v) is 3.86. The molecule has 2 aromatic heterocycles. The third kappa shape index (κ3) is 2.40. The van der Waals surface area contributed by atoms with Crippen LogP contribution in [-0.4, -0.2) is 52.1 Å². The Morgan fingerprint density at radius 3 is 2.95 bits per heavy atom. The zero-order valence-corrected chi connectivity index (χ0v) is 12.9. The van der Waals surface area contributed by atoms with Gasteiger partial charge in [-0.2, -0.15) is 0 Å². The summed E-state index contributed by atoms with van der Waals surface area (Å²) in [5, 5.41) is 2.48. The molecule has 0 bridgehead atoms. The number of ether oxygens (including phenoxy) is 1. The maximum Gasteiger partial charge on any atom is 0.273 e. The average Bonchev–Trinajstić information content (AvgIpc) is 3.30. The molecule has 6 nitrogen and oxygen atoms in total. The molecule has 114 valence electrons. The lowest BCUT2D eigenvalue weighted by molar-refractivity contribution is 0.0761. The van der Waals surface area contributed by atoms with Crippen molar-refractivity contribution in [3.8, 4) is 10.8 Å². The van der Waals surface area contributed by atoms with Gasteiger partial charge in [0, 0.05) is 42.9 Å². The van der Waals surface area contributed by atoms with Gasteiger partial charge in [0.1, 0.15) is 5.69 Å². The first kappa shape index (κ1) is 13.8. The highest BCUT2D eigenvalue weighted by atomic mass is 32.1. The van der Waals surface area contributed by atoms with Crippen molar-refractivity contribution in [2.75, 3.05) is 26.3 Å². The molecule has 2 fully saturated rings. The maximum atomic E-state index is 12.6. The number of amides is 1. The molecule has 0 aliphatic carbocycles. The van der Waals surface area contributed by atoms with E-state index < -0.39 is 0 Å². The number of hydrogen-bond donors (Lipinski definition) is 0. The minimum atomic E-state index is 0.00204. The molecule has 0 N–H and O–H groups in total. The van der Waals surface area contributed by atoms with E-state index in [0.29, 0.717) is 16.5 Å². The molecule has 2 aliphatic rings. The Morgan fingerprint density at radius 1 is 1.32 bits per heavy atom. The van der Waals surface area contributed by atoms with Crippen molar-refractivity contribution >= 4 is 17.2 Å². The monoisotopic (exact) mass is 316 g/mol. The topological polar surface area (TPSA) is 68.2 Å².